The van der Waals surface area contributed by atoms with Crippen molar-refractivity contribution in [1.82, 2.24) is 4.90 Å². The number of benzene rings is 2. The predicted molar refractivity (Wildman–Crippen MR) is 109 cm³/mol. The molecule has 3 aromatic rings. The first-order chi connectivity index (χ1) is 13.5. The van der Waals surface area contributed by atoms with Crippen molar-refractivity contribution in [3.63, 3.8) is 0 Å². The van der Waals surface area contributed by atoms with E-state index < -0.39 is 0 Å². The van der Waals surface area contributed by atoms with Crippen molar-refractivity contribution < 1.29 is 14.0 Å². The largest absolute Gasteiger partial charge is 0.467 e. The van der Waals surface area contributed by atoms with Crippen molar-refractivity contribution in [2.75, 3.05) is 17.7 Å². The third kappa shape index (κ3) is 4.40. The normalized spacial score (nSPS) is 11.5. The number of para-hydroxylation sites is 1. The number of furan rings is 1. The maximum Gasteiger partial charge on any atom is 0.322 e. The monoisotopic (exact) mass is 377 g/mol. The highest BCUT2D eigenvalue weighted by molar-refractivity contribution is 6.05. The van der Waals surface area contributed by atoms with Crippen molar-refractivity contribution in [2.45, 2.75) is 19.9 Å². The van der Waals surface area contributed by atoms with E-state index in [-0.39, 0.29) is 18.0 Å². The average molecular weight is 377 g/mol. The lowest BCUT2D eigenvalue weighted by molar-refractivity contribution is 0.102. The molecule has 144 valence electrons. The molecule has 0 saturated heterocycles. The molecule has 0 bridgehead atoms. The molecule has 1 atom stereocenters. The third-order valence-electron chi connectivity index (χ3n) is 4.63. The zero-order valence-electron chi connectivity index (χ0n) is 16.1. The van der Waals surface area contributed by atoms with Crippen LogP contribution < -0.4 is 10.6 Å². The van der Waals surface area contributed by atoms with E-state index in [4.69, 9.17) is 4.42 Å². The van der Waals surface area contributed by atoms with Crippen molar-refractivity contribution in [3.05, 3.63) is 83.8 Å². The van der Waals surface area contributed by atoms with Gasteiger partial charge in [-0.05, 0) is 55.8 Å². The summed E-state index contributed by atoms with van der Waals surface area (Å²) in [6, 6.07) is 17.6. The molecule has 2 aromatic carbocycles. The fourth-order valence-electron chi connectivity index (χ4n) is 2.72. The Morgan fingerprint density at radius 3 is 2.43 bits per heavy atom. The second-order valence-electron chi connectivity index (χ2n) is 6.58. The van der Waals surface area contributed by atoms with Gasteiger partial charge in [0.1, 0.15) is 5.76 Å². The summed E-state index contributed by atoms with van der Waals surface area (Å²) in [5, 5.41) is 5.72. The van der Waals surface area contributed by atoms with Crippen LogP contribution in [0.2, 0.25) is 0 Å². The molecule has 28 heavy (non-hydrogen) atoms. The van der Waals surface area contributed by atoms with Gasteiger partial charge in [-0.25, -0.2) is 4.79 Å². The summed E-state index contributed by atoms with van der Waals surface area (Å²) in [4.78, 5) is 26.7. The Kier molecular flexibility index (Phi) is 5.79. The zero-order chi connectivity index (χ0) is 20.1. The second kappa shape index (κ2) is 8.43. The van der Waals surface area contributed by atoms with Gasteiger partial charge in [-0.3, -0.25) is 4.79 Å². The van der Waals surface area contributed by atoms with E-state index in [1.807, 2.05) is 56.3 Å². The Hall–Kier alpha value is -3.54. The van der Waals surface area contributed by atoms with Crippen LogP contribution in [-0.4, -0.2) is 23.9 Å². The standard InChI is InChI=1S/C22H23N3O3/c1-15-11-12-17(21(26)23-18-8-5-4-6-9-18)14-19(15)24-22(27)25(3)16(2)20-10-7-13-28-20/h4-14,16H,1-3H3,(H,23,26)(H,24,27). The number of amides is 3. The first-order valence-electron chi connectivity index (χ1n) is 9.00. The predicted octanol–water partition coefficient (Wildman–Crippen LogP) is 5.07. The lowest BCUT2D eigenvalue weighted by Gasteiger charge is -2.24. The van der Waals surface area contributed by atoms with E-state index in [1.165, 1.54) is 0 Å². The van der Waals surface area contributed by atoms with E-state index in [0.717, 1.165) is 5.56 Å². The molecule has 0 radical (unpaired) electrons. The molecule has 2 N–H and O–H groups in total. The van der Waals surface area contributed by atoms with Crippen LogP contribution in [-0.2, 0) is 0 Å². The van der Waals surface area contributed by atoms with Gasteiger partial charge in [0.25, 0.3) is 5.91 Å². The number of nitrogens with zero attached hydrogens (tertiary/aromatic N) is 1. The number of urea groups is 1. The van der Waals surface area contributed by atoms with Crippen LogP contribution in [0.5, 0.6) is 0 Å². The molecular weight excluding hydrogens is 354 g/mol. The van der Waals surface area contributed by atoms with Gasteiger partial charge < -0.3 is 20.0 Å². The summed E-state index contributed by atoms with van der Waals surface area (Å²) >= 11 is 0. The summed E-state index contributed by atoms with van der Waals surface area (Å²) in [5.41, 5.74) is 2.63. The van der Waals surface area contributed by atoms with Gasteiger partial charge in [-0.15, -0.1) is 0 Å². The Morgan fingerprint density at radius 2 is 1.75 bits per heavy atom. The van der Waals surface area contributed by atoms with Gasteiger partial charge in [0.05, 0.1) is 12.3 Å². The van der Waals surface area contributed by atoms with Crippen LogP contribution in [0.3, 0.4) is 0 Å². The number of aryl methyl sites for hydroxylation is 1. The first kappa shape index (κ1) is 19.2. The van der Waals surface area contributed by atoms with E-state index in [2.05, 4.69) is 10.6 Å². The minimum atomic E-state index is -0.285. The second-order valence-corrected chi connectivity index (χ2v) is 6.58. The molecule has 1 aromatic heterocycles. The van der Waals surface area contributed by atoms with Gasteiger partial charge >= 0.3 is 6.03 Å². The van der Waals surface area contributed by atoms with Crippen LogP contribution in [0.1, 0.15) is 34.6 Å². The number of carbonyl (C=O) groups excluding carboxylic acids is 2. The van der Waals surface area contributed by atoms with Crippen LogP contribution in [0.4, 0.5) is 16.2 Å². The molecule has 0 aliphatic rings. The molecule has 0 aliphatic heterocycles. The van der Waals surface area contributed by atoms with Gasteiger partial charge in [-0.2, -0.15) is 0 Å². The number of rotatable bonds is 5. The molecule has 0 aliphatic carbocycles. The number of hydrogen-bond acceptors (Lipinski definition) is 3. The maximum atomic E-state index is 12.6. The molecule has 6 nitrogen and oxygen atoms in total. The average Bonchev–Trinajstić information content (AvgIpc) is 3.24. The topological polar surface area (TPSA) is 74.6 Å². The summed E-state index contributed by atoms with van der Waals surface area (Å²) in [7, 11) is 1.70. The Balaban J connectivity index is 1.72. The molecule has 0 fully saturated rings. The SMILES string of the molecule is Cc1ccc(C(=O)Nc2ccccc2)cc1NC(=O)N(C)C(C)c1ccco1. The number of hydrogen-bond donors (Lipinski definition) is 2. The molecule has 1 heterocycles. The summed E-state index contributed by atoms with van der Waals surface area (Å²) < 4.78 is 5.37. The van der Waals surface area contributed by atoms with E-state index in [9.17, 15) is 9.59 Å². The van der Waals surface area contributed by atoms with Crippen molar-refractivity contribution in [3.8, 4) is 0 Å². The zero-order valence-corrected chi connectivity index (χ0v) is 16.1. The minimum Gasteiger partial charge on any atom is -0.467 e. The molecule has 1 unspecified atom stereocenters. The van der Waals surface area contributed by atoms with Crippen molar-refractivity contribution >= 4 is 23.3 Å². The van der Waals surface area contributed by atoms with Crippen LogP contribution in [0.15, 0.2) is 71.3 Å². The highest BCUT2D eigenvalue weighted by atomic mass is 16.3. The molecule has 3 amide bonds. The molecular formula is C22H23N3O3. The van der Waals surface area contributed by atoms with Gasteiger partial charge in [0, 0.05) is 24.0 Å². The summed E-state index contributed by atoms with van der Waals surface area (Å²) in [6.07, 6.45) is 1.58. The Bertz CT molecular complexity index is 952. The smallest absolute Gasteiger partial charge is 0.322 e. The Morgan fingerprint density at radius 1 is 1.00 bits per heavy atom. The van der Waals surface area contributed by atoms with E-state index >= 15 is 0 Å². The highest BCUT2D eigenvalue weighted by Crippen LogP contribution is 2.22. The van der Waals surface area contributed by atoms with E-state index in [1.54, 1.807) is 36.4 Å². The summed E-state index contributed by atoms with van der Waals surface area (Å²) in [6.45, 7) is 3.76. The highest BCUT2D eigenvalue weighted by Gasteiger charge is 2.20. The van der Waals surface area contributed by atoms with Gasteiger partial charge in [0.2, 0.25) is 0 Å². The first-order valence-corrected chi connectivity index (χ1v) is 9.00. The van der Waals surface area contributed by atoms with Crippen molar-refractivity contribution in [2.24, 2.45) is 0 Å². The molecule has 3 rings (SSSR count). The van der Waals surface area contributed by atoms with Crippen LogP contribution in [0.25, 0.3) is 0 Å². The molecule has 0 spiro atoms. The third-order valence-corrected chi connectivity index (χ3v) is 4.63. The van der Waals surface area contributed by atoms with Gasteiger partial charge in [-0.1, -0.05) is 24.3 Å². The quantitative estimate of drug-likeness (QED) is 0.652. The Labute approximate surface area is 164 Å². The molecule has 6 heteroatoms. The fraction of sp³-hybridized carbons (Fsp3) is 0.182. The number of anilines is 2. The van der Waals surface area contributed by atoms with E-state index in [0.29, 0.717) is 22.7 Å². The maximum absolute atomic E-state index is 12.6. The van der Waals surface area contributed by atoms with Crippen molar-refractivity contribution in [1.29, 1.82) is 0 Å². The summed E-state index contributed by atoms with van der Waals surface area (Å²) in [5.74, 6) is 0.462. The lowest BCUT2D eigenvalue weighted by atomic mass is 10.1. The fourth-order valence-corrected chi connectivity index (χ4v) is 2.72. The van der Waals surface area contributed by atoms with Crippen LogP contribution >= 0.6 is 0 Å². The molecule has 0 saturated carbocycles. The number of nitrogens with one attached hydrogen (secondary N) is 2. The lowest BCUT2D eigenvalue weighted by Crippen LogP contribution is -2.33. The van der Waals surface area contributed by atoms with Crippen LogP contribution in [0, 0.1) is 6.92 Å². The van der Waals surface area contributed by atoms with Gasteiger partial charge in [0.15, 0.2) is 0 Å². The minimum absolute atomic E-state index is 0.222. The number of carbonyl (C=O) groups is 2.